The lowest BCUT2D eigenvalue weighted by Crippen LogP contribution is -2.36. The van der Waals surface area contributed by atoms with E-state index in [1.54, 1.807) is 0 Å². The molecule has 0 amide bonds. The van der Waals surface area contributed by atoms with Gasteiger partial charge in [0.05, 0.1) is 4.90 Å². The predicted octanol–water partition coefficient (Wildman–Crippen LogP) is 5.04. The molecule has 0 unspecified atom stereocenters. The van der Waals surface area contributed by atoms with Gasteiger partial charge >= 0.3 is 12.1 Å². The molecule has 0 fully saturated rings. The first-order valence-electron chi connectivity index (χ1n) is 9.34. The molecule has 3 rings (SSSR count). The maximum Gasteiger partial charge on any atom is 0.459 e. The average molecular weight is 494 g/mol. The Labute approximate surface area is 186 Å². The Morgan fingerprint density at radius 2 is 1.55 bits per heavy atom. The van der Waals surface area contributed by atoms with Gasteiger partial charge in [0.1, 0.15) is 17.2 Å². The van der Waals surface area contributed by atoms with Crippen LogP contribution in [0.2, 0.25) is 0 Å². The van der Waals surface area contributed by atoms with Gasteiger partial charge in [0, 0.05) is 31.0 Å². The van der Waals surface area contributed by atoms with E-state index in [0.29, 0.717) is 4.68 Å². The molecule has 12 heteroatoms. The van der Waals surface area contributed by atoms with Gasteiger partial charge in [-0.2, -0.15) is 27.1 Å². The normalized spacial score (nSPS) is 12.3. The number of hydrogen-bond donors (Lipinski definition) is 1. The number of rotatable bonds is 5. The fourth-order valence-corrected chi connectivity index (χ4v) is 3.75. The fourth-order valence-electron chi connectivity index (χ4n) is 3.12. The summed E-state index contributed by atoms with van der Waals surface area (Å²) >= 11 is 0. The van der Waals surface area contributed by atoms with Crippen molar-refractivity contribution < 1.29 is 39.9 Å². The second-order valence-corrected chi connectivity index (χ2v) is 8.78. The zero-order chi connectivity index (χ0) is 25.2. The summed E-state index contributed by atoms with van der Waals surface area (Å²) in [5.41, 5.74) is -2.39. The molecule has 0 aliphatic heterocycles. The van der Waals surface area contributed by atoms with E-state index in [2.05, 4.69) is 5.10 Å². The van der Waals surface area contributed by atoms with Crippen molar-refractivity contribution in [3.05, 3.63) is 60.0 Å². The first-order valence-corrected chi connectivity index (χ1v) is 11.2. The smallest absolute Gasteiger partial charge is 0.400 e. The third-order valence-electron chi connectivity index (χ3n) is 4.57. The van der Waals surface area contributed by atoms with Crippen LogP contribution in [0.25, 0.3) is 22.4 Å². The molecule has 0 saturated heterocycles. The molecule has 2 aromatic carbocycles. The Bertz CT molecular complexity index is 1220. The lowest BCUT2D eigenvalue weighted by molar-refractivity contribution is -0.291. The highest BCUT2D eigenvalue weighted by molar-refractivity contribution is 7.90. The van der Waals surface area contributed by atoms with Crippen LogP contribution >= 0.6 is 0 Å². The second-order valence-electron chi connectivity index (χ2n) is 6.77. The standard InChI is InChI=1S/C20H16F6N2O2S.CH4O/c1-3-28-18(19(22,23)20(24,25)26)16(13-5-4-6-14(21)11-13)17(27-28)12-7-9-15(10-8-12)31(2,29)30;1-2/h4-11H,3H2,1-2H3;2H,1H3. The van der Waals surface area contributed by atoms with E-state index in [-0.39, 0.29) is 28.3 Å². The Balaban J connectivity index is 0.00000187. The van der Waals surface area contributed by atoms with E-state index in [0.717, 1.165) is 25.5 Å². The molecule has 180 valence electrons. The molecule has 3 aromatic rings. The summed E-state index contributed by atoms with van der Waals surface area (Å²) in [6.07, 6.45) is -4.95. The van der Waals surface area contributed by atoms with Crippen LogP contribution in [0.1, 0.15) is 12.6 Å². The van der Waals surface area contributed by atoms with E-state index >= 15 is 0 Å². The minimum absolute atomic E-state index is 0.0701. The average Bonchev–Trinajstić information content (AvgIpc) is 3.14. The van der Waals surface area contributed by atoms with Crippen LogP contribution in [0.5, 0.6) is 0 Å². The monoisotopic (exact) mass is 494 g/mol. The zero-order valence-corrected chi connectivity index (χ0v) is 18.5. The lowest BCUT2D eigenvalue weighted by atomic mass is 9.96. The molecule has 5 nitrogen and oxygen atoms in total. The number of aromatic nitrogens is 2. The summed E-state index contributed by atoms with van der Waals surface area (Å²) in [4.78, 5) is -0.0701. The number of benzene rings is 2. The molecule has 0 bridgehead atoms. The summed E-state index contributed by atoms with van der Waals surface area (Å²) in [5, 5.41) is 10.9. The molecule has 1 heterocycles. The van der Waals surface area contributed by atoms with Gasteiger partial charge in [-0.3, -0.25) is 4.68 Å². The Hall–Kier alpha value is -2.86. The van der Waals surface area contributed by atoms with Crippen molar-refractivity contribution in [2.45, 2.75) is 30.5 Å². The van der Waals surface area contributed by atoms with Crippen molar-refractivity contribution in [2.75, 3.05) is 13.4 Å². The van der Waals surface area contributed by atoms with Crippen molar-refractivity contribution in [1.82, 2.24) is 9.78 Å². The van der Waals surface area contributed by atoms with Crippen molar-refractivity contribution >= 4 is 9.84 Å². The number of sulfone groups is 1. The first-order chi connectivity index (χ1) is 15.3. The Morgan fingerprint density at radius 3 is 2.00 bits per heavy atom. The molecular formula is C21H20F6N2O3S. The fraction of sp³-hybridized carbons (Fsp3) is 0.286. The summed E-state index contributed by atoms with van der Waals surface area (Å²) in [5.74, 6) is -6.11. The molecule has 1 aromatic heterocycles. The van der Waals surface area contributed by atoms with Gasteiger partial charge in [-0.05, 0) is 36.8 Å². The highest BCUT2D eigenvalue weighted by Gasteiger charge is 2.62. The van der Waals surface area contributed by atoms with E-state index in [4.69, 9.17) is 5.11 Å². The number of alkyl halides is 5. The van der Waals surface area contributed by atoms with Gasteiger partial charge in [0.15, 0.2) is 9.84 Å². The van der Waals surface area contributed by atoms with E-state index in [1.165, 1.54) is 43.3 Å². The summed E-state index contributed by atoms with van der Waals surface area (Å²) in [6.45, 7) is 1.03. The van der Waals surface area contributed by atoms with Crippen molar-refractivity contribution in [1.29, 1.82) is 0 Å². The summed E-state index contributed by atoms with van der Waals surface area (Å²) < 4.78 is 107. The molecule has 0 aliphatic rings. The number of aryl methyl sites for hydroxylation is 1. The second kappa shape index (κ2) is 9.56. The van der Waals surface area contributed by atoms with E-state index < -0.39 is 39.0 Å². The third kappa shape index (κ3) is 5.22. The van der Waals surface area contributed by atoms with Crippen molar-refractivity contribution in [3.63, 3.8) is 0 Å². The first kappa shape index (κ1) is 26.4. The quantitative estimate of drug-likeness (QED) is 0.505. The highest BCUT2D eigenvalue weighted by atomic mass is 32.2. The third-order valence-corrected chi connectivity index (χ3v) is 5.70. The highest BCUT2D eigenvalue weighted by Crippen LogP contribution is 2.49. The van der Waals surface area contributed by atoms with Crippen LogP contribution < -0.4 is 0 Å². The summed E-state index contributed by atoms with van der Waals surface area (Å²) in [7, 11) is -2.56. The Morgan fingerprint density at radius 1 is 0.970 bits per heavy atom. The van der Waals surface area contributed by atoms with Gasteiger partial charge in [-0.15, -0.1) is 0 Å². The largest absolute Gasteiger partial charge is 0.459 e. The molecule has 0 saturated carbocycles. The van der Waals surface area contributed by atoms with Crippen LogP contribution in [0, 0.1) is 5.82 Å². The molecule has 0 spiro atoms. The molecule has 33 heavy (non-hydrogen) atoms. The molecular weight excluding hydrogens is 474 g/mol. The van der Waals surface area contributed by atoms with Crippen LogP contribution in [0.15, 0.2) is 53.4 Å². The van der Waals surface area contributed by atoms with E-state index in [1.807, 2.05) is 0 Å². The maximum atomic E-state index is 14.5. The maximum absolute atomic E-state index is 14.5. The number of halogens is 6. The van der Waals surface area contributed by atoms with Crippen LogP contribution in [-0.2, 0) is 22.3 Å². The van der Waals surface area contributed by atoms with Gasteiger partial charge < -0.3 is 5.11 Å². The van der Waals surface area contributed by atoms with Gasteiger partial charge in [0.2, 0.25) is 0 Å². The van der Waals surface area contributed by atoms with Crippen molar-refractivity contribution in [3.8, 4) is 22.4 Å². The van der Waals surface area contributed by atoms with Crippen LogP contribution in [-0.4, -0.2) is 42.8 Å². The molecule has 1 N–H and O–H groups in total. The number of hydrogen-bond acceptors (Lipinski definition) is 4. The Kier molecular flexibility index (Phi) is 7.64. The zero-order valence-electron chi connectivity index (χ0n) is 17.7. The van der Waals surface area contributed by atoms with Crippen LogP contribution in [0.4, 0.5) is 26.3 Å². The topological polar surface area (TPSA) is 72.2 Å². The lowest BCUT2D eigenvalue weighted by Gasteiger charge is -2.22. The number of aliphatic hydroxyl groups excluding tert-OH is 1. The van der Waals surface area contributed by atoms with Gasteiger partial charge in [-0.1, -0.05) is 24.3 Å². The predicted molar refractivity (Wildman–Crippen MR) is 110 cm³/mol. The van der Waals surface area contributed by atoms with Crippen LogP contribution in [0.3, 0.4) is 0 Å². The molecule has 0 radical (unpaired) electrons. The van der Waals surface area contributed by atoms with Gasteiger partial charge in [-0.25, -0.2) is 12.8 Å². The number of nitrogens with zero attached hydrogens (tertiary/aromatic N) is 2. The minimum Gasteiger partial charge on any atom is -0.400 e. The summed E-state index contributed by atoms with van der Waals surface area (Å²) in [6, 6.07) is 9.11. The molecule has 0 aliphatic carbocycles. The number of aliphatic hydroxyl groups is 1. The van der Waals surface area contributed by atoms with Crippen molar-refractivity contribution in [2.24, 2.45) is 0 Å². The SMILES string of the molecule is CCn1nc(-c2ccc(S(C)(=O)=O)cc2)c(-c2cccc(F)c2)c1C(F)(F)C(F)(F)F.CO. The molecule has 0 atom stereocenters. The minimum atomic E-state index is -5.92. The van der Waals surface area contributed by atoms with E-state index in [9.17, 15) is 34.8 Å². The van der Waals surface area contributed by atoms with Gasteiger partial charge in [0.25, 0.3) is 0 Å².